The Bertz CT molecular complexity index is 542. The number of nitrogens with one attached hydrogen (secondary N) is 1. The second-order valence-electron chi connectivity index (χ2n) is 5.62. The van der Waals surface area contributed by atoms with Crippen LogP contribution in [0, 0.1) is 5.92 Å². The summed E-state index contributed by atoms with van der Waals surface area (Å²) in [5.41, 5.74) is -0.830. The molecule has 1 fully saturated rings. The van der Waals surface area contributed by atoms with Crippen LogP contribution in [0.1, 0.15) is 24.5 Å². The Hall–Kier alpha value is -0.960. The Balaban J connectivity index is 1.94. The van der Waals surface area contributed by atoms with Gasteiger partial charge in [0.1, 0.15) is 5.01 Å². The summed E-state index contributed by atoms with van der Waals surface area (Å²) in [6.07, 6.45) is -4.38. The van der Waals surface area contributed by atoms with Crippen LogP contribution in [0.3, 0.4) is 0 Å². The van der Waals surface area contributed by atoms with Gasteiger partial charge >= 0.3 is 6.18 Å². The van der Waals surface area contributed by atoms with Crippen molar-refractivity contribution in [2.45, 2.75) is 31.8 Å². The zero-order valence-corrected chi connectivity index (χ0v) is 15.0. The summed E-state index contributed by atoms with van der Waals surface area (Å²) in [4.78, 5) is 10.0. The van der Waals surface area contributed by atoms with Gasteiger partial charge in [-0.3, -0.25) is 4.99 Å². The molecule has 1 aliphatic heterocycles. The molecule has 2 rings (SSSR count). The van der Waals surface area contributed by atoms with E-state index in [4.69, 9.17) is 0 Å². The first-order valence-electron chi connectivity index (χ1n) is 7.40. The molecule has 2 heterocycles. The lowest BCUT2D eigenvalue weighted by atomic mass is 10.1. The number of nitrogens with zero attached hydrogens (tertiary/aromatic N) is 3. The Labute approximate surface area is 142 Å². The maximum Gasteiger partial charge on any atom is 0.434 e. The molecule has 0 amide bonds. The summed E-state index contributed by atoms with van der Waals surface area (Å²) in [7, 11) is 1.69. The average Bonchev–Trinajstić information content (AvgIpc) is 2.97. The molecule has 1 aromatic rings. The van der Waals surface area contributed by atoms with Crippen LogP contribution in [0.4, 0.5) is 13.2 Å². The molecule has 1 aromatic heterocycles. The van der Waals surface area contributed by atoms with Gasteiger partial charge in [0, 0.05) is 36.5 Å². The number of halogens is 3. The van der Waals surface area contributed by atoms with Crippen molar-refractivity contribution >= 4 is 29.1 Å². The third-order valence-corrected chi connectivity index (χ3v) is 5.98. The fraction of sp³-hybridized carbons (Fsp3) is 0.714. The van der Waals surface area contributed by atoms with E-state index in [1.54, 1.807) is 7.05 Å². The molecular weight excluding hydrogens is 345 g/mol. The number of thioether (sulfide) groups is 1. The van der Waals surface area contributed by atoms with E-state index in [0.717, 1.165) is 41.5 Å². The monoisotopic (exact) mass is 366 g/mol. The molecule has 1 saturated heterocycles. The molecule has 0 aliphatic carbocycles. The first kappa shape index (κ1) is 18.4. The molecule has 9 heteroatoms. The molecule has 0 saturated carbocycles. The number of aliphatic imine (C=N–C) groups is 1. The van der Waals surface area contributed by atoms with Crippen LogP contribution in [0.5, 0.6) is 0 Å². The molecule has 1 N–H and O–H groups in total. The van der Waals surface area contributed by atoms with Crippen LogP contribution < -0.4 is 5.32 Å². The molecule has 4 nitrogen and oxygen atoms in total. The van der Waals surface area contributed by atoms with Crippen LogP contribution in [0.15, 0.2) is 10.4 Å². The zero-order valence-electron chi connectivity index (χ0n) is 13.4. The van der Waals surface area contributed by atoms with Crippen LogP contribution in [0.25, 0.3) is 0 Å². The van der Waals surface area contributed by atoms with Crippen molar-refractivity contribution in [1.82, 2.24) is 15.2 Å². The quantitative estimate of drug-likeness (QED) is 0.658. The highest BCUT2D eigenvalue weighted by molar-refractivity contribution is 8.00. The summed E-state index contributed by atoms with van der Waals surface area (Å²) >= 11 is 2.97. The van der Waals surface area contributed by atoms with E-state index in [9.17, 15) is 13.2 Å². The van der Waals surface area contributed by atoms with Crippen LogP contribution >= 0.6 is 23.1 Å². The lowest BCUT2D eigenvalue weighted by molar-refractivity contribution is -0.140. The SMILES string of the molecule is CN=C(NCc1nc(C(F)(F)F)cs1)N1CCSC(C(C)C)C1. The van der Waals surface area contributed by atoms with Crippen molar-refractivity contribution in [3.63, 3.8) is 0 Å². The van der Waals surface area contributed by atoms with Gasteiger partial charge < -0.3 is 10.2 Å². The van der Waals surface area contributed by atoms with E-state index in [1.807, 2.05) is 11.8 Å². The second kappa shape index (κ2) is 7.74. The highest BCUT2D eigenvalue weighted by Gasteiger charge is 2.33. The van der Waals surface area contributed by atoms with E-state index in [2.05, 4.69) is 34.0 Å². The third kappa shape index (κ3) is 5.00. The van der Waals surface area contributed by atoms with Gasteiger partial charge in [-0.25, -0.2) is 4.98 Å². The number of alkyl halides is 3. The number of hydrogen-bond acceptors (Lipinski definition) is 4. The topological polar surface area (TPSA) is 40.5 Å². The summed E-state index contributed by atoms with van der Waals surface area (Å²) in [6, 6.07) is 0. The van der Waals surface area contributed by atoms with Crippen LogP contribution in [0.2, 0.25) is 0 Å². The first-order valence-corrected chi connectivity index (χ1v) is 9.33. The number of rotatable bonds is 3. The highest BCUT2D eigenvalue weighted by atomic mass is 32.2. The predicted molar refractivity (Wildman–Crippen MR) is 90.0 cm³/mol. The van der Waals surface area contributed by atoms with Crippen molar-refractivity contribution in [2.24, 2.45) is 10.9 Å². The van der Waals surface area contributed by atoms with Gasteiger partial charge in [-0.05, 0) is 5.92 Å². The Morgan fingerprint density at radius 1 is 1.52 bits per heavy atom. The van der Waals surface area contributed by atoms with Gasteiger partial charge in [0.05, 0.1) is 6.54 Å². The minimum atomic E-state index is -4.38. The molecule has 0 spiro atoms. The molecule has 0 radical (unpaired) electrons. The zero-order chi connectivity index (χ0) is 17.0. The molecule has 1 atom stereocenters. The molecule has 130 valence electrons. The fourth-order valence-corrected chi connectivity index (χ4v) is 4.32. The summed E-state index contributed by atoms with van der Waals surface area (Å²) in [6.45, 7) is 6.44. The second-order valence-corrected chi connectivity index (χ2v) is 7.91. The molecule has 1 unspecified atom stereocenters. The van der Waals surface area contributed by atoms with Crippen LogP contribution in [-0.4, -0.2) is 47.0 Å². The predicted octanol–water partition coefficient (Wildman–Crippen LogP) is 3.31. The van der Waals surface area contributed by atoms with E-state index in [1.165, 1.54) is 0 Å². The lowest BCUT2D eigenvalue weighted by Crippen LogP contribution is -2.48. The van der Waals surface area contributed by atoms with Gasteiger partial charge in [-0.15, -0.1) is 11.3 Å². The van der Waals surface area contributed by atoms with Crippen LogP contribution in [-0.2, 0) is 12.7 Å². The molecule has 23 heavy (non-hydrogen) atoms. The number of hydrogen-bond donors (Lipinski definition) is 1. The van der Waals surface area contributed by atoms with Crippen molar-refractivity contribution in [3.8, 4) is 0 Å². The maximum absolute atomic E-state index is 12.6. The van der Waals surface area contributed by atoms with Crippen molar-refractivity contribution in [3.05, 3.63) is 16.1 Å². The molecular formula is C14H21F3N4S2. The molecule has 0 bridgehead atoms. The Morgan fingerprint density at radius 3 is 2.83 bits per heavy atom. The van der Waals surface area contributed by atoms with Gasteiger partial charge in [-0.2, -0.15) is 24.9 Å². The van der Waals surface area contributed by atoms with Gasteiger partial charge in [-0.1, -0.05) is 13.8 Å². The molecule has 0 aromatic carbocycles. The van der Waals surface area contributed by atoms with E-state index >= 15 is 0 Å². The summed E-state index contributed by atoms with van der Waals surface area (Å²) < 4.78 is 37.7. The van der Waals surface area contributed by atoms with Gasteiger partial charge in [0.15, 0.2) is 11.7 Å². The normalized spacial score (nSPS) is 20.2. The van der Waals surface area contributed by atoms with Gasteiger partial charge in [0.25, 0.3) is 0 Å². The highest BCUT2D eigenvalue weighted by Crippen LogP contribution is 2.30. The van der Waals surface area contributed by atoms with E-state index in [-0.39, 0.29) is 6.54 Å². The third-order valence-electron chi connectivity index (χ3n) is 3.59. The summed E-state index contributed by atoms with van der Waals surface area (Å²) in [5, 5.41) is 5.12. The first-order chi connectivity index (χ1) is 10.8. The van der Waals surface area contributed by atoms with Crippen molar-refractivity contribution in [1.29, 1.82) is 0 Å². The molecule has 1 aliphatic rings. The average molecular weight is 366 g/mol. The largest absolute Gasteiger partial charge is 0.434 e. The standard InChI is InChI=1S/C14H21F3N4S2/c1-9(2)10-7-21(4-5-22-10)13(18-3)19-6-12-20-11(8-23-12)14(15,16)17/h8-10H,4-7H2,1-3H3,(H,18,19). The minimum absolute atomic E-state index is 0.253. The Morgan fingerprint density at radius 2 is 2.26 bits per heavy atom. The van der Waals surface area contributed by atoms with Gasteiger partial charge in [0.2, 0.25) is 0 Å². The smallest absolute Gasteiger partial charge is 0.350 e. The number of guanidine groups is 1. The van der Waals surface area contributed by atoms with Crippen molar-refractivity contribution in [2.75, 3.05) is 25.9 Å². The van der Waals surface area contributed by atoms with E-state index in [0.29, 0.717) is 16.2 Å². The number of aromatic nitrogens is 1. The lowest BCUT2D eigenvalue weighted by Gasteiger charge is -2.36. The minimum Gasteiger partial charge on any atom is -0.350 e. The number of thiazole rings is 1. The van der Waals surface area contributed by atoms with E-state index < -0.39 is 11.9 Å². The Kier molecular flexibility index (Phi) is 6.19. The van der Waals surface area contributed by atoms with Crippen molar-refractivity contribution < 1.29 is 13.2 Å². The summed E-state index contributed by atoms with van der Waals surface area (Å²) in [5.74, 6) is 2.33. The fourth-order valence-electron chi connectivity index (χ4n) is 2.28. The maximum atomic E-state index is 12.6.